The van der Waals surface area contributed by atoms with Gasteiger partial charge in [0.15, 0.2) is 12.4 Å². The summed E-state index contributed by atoms with van der Waals surface area (Å²) in [5.41, 5.74) is 2.98. The van der Waals surface area contributed by atoms with E-state index in [2.05, 4.69) is 15.1 Å². The fourth-order valence-corrected chi connectivity index (χ4v) is 2.49. The SMILES string of the molecule is CC(C)c1noc(COC(=O)c2cccc(OCc3cscn3)c2)n1. The summed E-state index contributed by atoms with van der Waals surface area (Å²) >= 11 is 1.51. The topological polar surface area (TPSA) is 87.3 Å². The van der Waals surface area contributed by atoms with Gasteiger partial charge in [-0.15, -0.1) is 11.3 Å². The number of aromatic nitrogens is 3. The van der Waals surface area contributed by atoms with Gasteiger partial charge in [0, 0.05) is 11.3 Å². The Labute approximate surface area is 148 Å². The first-order valence-electron chi connectivity index (χ1n) is 7.71. The lowest BCUT2D eigenvalue weighted by molar-refractivity contribution is 0.0429. The van der Waals surface area contributed by atoms with E-state index in [0.29, 0.717) is 23.7 Å². The zero-order valence-electron chi connectivity index (χ0n) is 13.8. The molecule has 0 spiro atoms. The zero-order chi connectivity index (χ0) is 17.6. The van der Waals surface area contributed by atoms with E-state index in [1.807, 2.05) is 19.2 Å². The van der Waals surface area contributed by atoms with E-state index < -0.39 is 5.97 Å². The van der Waals surface area contributed by atoms with Crippen molar-refractivity contribution in [1.29, 1.82) is 0 Å². The Morgan fingerprint density at radius 2 is 2.20 bits per heavy atom. The molecular weight excluding hydrogens is 342 g/mol. The third-order valence-corrected chi connectivity index (χ3v) is 3.90. The number of ether oxygens (including phenoxy) is 2. The van der Waals surface area contributed by atoms with Gasteiger partial charge in [-0.3, -0.25) is 0 Å². The van der Waals surface area contributed by atoms with Crippen LogP contribution in [0.4, 0.5) is 0 Å². The Bertz CT molecular complexity index is 830. The van der Waals surface area contributed by atoms with E-state index in [1.54, 1.807) is 29.8 Å². The van der Waals surface area contributed by atoms with Gasteiger partial charge in [-0.2, -0.15) is 4.98 Å². The van der Waals surface area contributed by atoms with Gasteiger partial charge in [0.25, 0.3) is 5.89 Å². The molecule has 0 aliphatic rings. The summed E-state index contributed by atoms with van der Waals surface area (Å²) in [5.74, 6) is 1.10. The Kier molecular flexibility index (Phi) is 5.39. The van der Waals surface area contributed by atoms with Crippen LogP contribution < -0.4 is 4.74 Å². The molecule has 0 atom stereocenters. The molecule has 2 aromatic heterocycles. The van der Waals surface area contributed by atoms with E-state index >= 15 is 0 Å². The molecule has 0 radical (unpaired) electrons. The lowest BCUT2D eigenvalue weighted by Crippen LogP contribution is -2.06. The molecule has 3 aromatic rings. The van der Waals surface area contributed by atoms with Crippen LogP contribution in [0.5, 0.6) is 5.75 Å². The molecule has 2 heterocycles. The number of nitrogens with zero attached hydrogens (tertiary/aromatic N) is 3. The van der Waals surface area contributed by atoms with E-state index in [4.69, 9.17) is 14.0 Å². The number of esters is 1. The van der Waals surface area contributed by atoms with Gasteiger partial charge >= 0.3 is 5.97 Å². The number of carbonyl (C=O) groups is 1. The zero-order valence-corrected chi connectivity index (χ0v) is 14.7. The molecule has 0 aliphatic heterocycles. The van der Waals surface area contributed by atoms with E-state index in [9.17, 15) is 4.79 Å². The molecule has 0 bridgehead atoms. The molecule has 0 saturated heterocycles. The summed E-state index contributed by atoms with van der Waals surface area (Å²) in [6.45, 7) is 4.19. The summed E-state index contributed by atoms with van der Waals surface area (Å²) in [6, 6.07) is 6.79. The van der Waals surface area contributed by atoms with E-state index in [1.165, 1.54) is 11.3 Å². The lowest BCUT2D eigenvalue weighted by atomic mass is 10.2. The molecule has 25 heavy (non-hydrogen) atoms. The number of hydrogen-bond donors (Lipinski definition) is 0. The first kappa shape index (κ1) is 17.1. The van der Waals surface area contributed by atoms with Crippen LogP contribution in [0, 0.1) is 0 Å². The average molecular weight is 359 g/mol. The second-order valence-electron chi connectivity index (χ2n) is 5.57. The van der Waals surface area contributed by atoms with Crippen molar-refractivity contribution in [3.63, 3.8) is 0 Å². The summed E-state index contributed by atoms with van der Waals surface area (Å²) in [7, 11) is 0. The van der Waals surface area contributed by atoms with Crippen molar-refractivity contribution >= 4 is 17.3 Å². The van der Waals surface area contributed by atoms with Gasteiger partial charge in [0.1, 0.15) is 12.4 Å². The summed E-state index contributed by atoms with van der Waals surface area (Å²) in [6.07, 6.45) is 0. The second kappa shape index (κ2) is 7.89. The molecule has 0 fully saturated rings. The highest BCUT2D eigenvalue weighted by atomic mass is 32.1. The van der Waals surface area contributed by atoms with Crippen LogP contribution in [0.3, 0.4) is 0 Å². The van der Waals surface area contributed by atoms with Crippen LogP contribution in [0.2, 0.25) is 0 Å². The molecule has 0 saturated carbocycles. The molecular formula is C17H17N3O4S. The quantitative estimate of drug-likeness (QED) is 0.596. The molecule has 3 rings (SSSR count). The van der Waals surface area contributed by atoms with Crippen molar-refractivity contribution in [2.45, 2.75) is 33.0 Å². The first-order chi connectivity index (χ1) is 12.1. The van der Waals surface area contributed by atoms with Crippen LogP contribution in [-0.4, -0.2) is 21.1 Å². The number of benzene rings is 1. The van der Waals surface area contributed by atoms with E-state index in [0.717, 1.165) is 5.69 Å². The van der Waals surface area contributed by atoms with Crippen LogP contribution in [0.1, 0.15) is 47.5 Å². The van der Waals surface area contributed by atoms with Crippen molar-refractivity contribution in [2.75, 3.05) is 0 Å². The molecule has 130 valence electrons. The Morgan fingerprint density at radius 1 is 1.32 bits per heavy atom. The fraction of sp³-hybridized carbons (Fsp3) is 0.294. The van der Waals surface area contributed by atoms with Gasteiger partial charge in [-0.1, -0.05) is 25.1 Å². The molecule has 8 heteroatoms. The van der Waals surface area contributed by atoms with Gasteiger partial charge in [0.2, 0.25) is 0 Å². The lowest BCUT2D eigenvalue weighted by Gasteiger charge is -2.06. The summed E-state index contributed by atoms with van der Waals surface area (Å²) in [5, 5.41) is 5.74. The standard InChI is InChI=1S/C17H17N3O4S/c1-11(2)16-19-15(24-20-16)8-23-17(21)12-4-3-5-14(6-12)22-7-13-9-25-10-18-13/h3-6,9-11H,7-8H2,1-2H3. The van der Waals surface area contributed by atoms with Crippen LogP contribution in [0.15, 0.2) is 39.7 Å². The highest BCUT2D eigenvalue weighted by Gasteiger charge is 2.13. The van der Waals surface area contributed by atoms with Crippen LogP contribution in [0.25, 0.3) is 0 Å². The predicted octanol–water partition coefficient (Wildman–Crippen LogP) is 3.59. The third kappa shape index (κ3) is 4.63. The molecule has 1 aromatic carbocycles. The molecule has 0 amide bonds. The Balaban J connectivity index is 1.56. The van der Waals surface area contributed by atoms with Crippen LogP contribution in [-0.2, 0) is 18.0 Å². The highest BCUT2D eigenvalue weighted by Crippen LogP contribution is 2.17. The normalized spacial score (nSPS) is 10.8. The van der Waals surface area contributed by atoms with Gasteiger partial charge in [0.05, 0.1) is 16.8 Å². The van der Waals surface area contributed by atoms with Crippen molar-refractivity contribution in [3.8, 4) is 5.75 Å². The fourth-order valence-electron chi connectivity index (χ4n) is 1.95. The monoisotopic (exact) mass is 359 g/mol. The maximum absolute atomic E-state index is 12.2. The minimum atomic E-state index is -0.483. The maximum atomic E-state index is 12.2. The number of carbonyl (C=O) groups excluding carboxylic acids is 1. The van der Waals surface area contributed by atoms with E-state index in [-0.39, 0.29) is 18.4 Å². The highest BCUT2D eigenvalue weighted by molar-refractivity contribution is 7.07. The molecule has 0 unspecified atom stereocenters. The minimum absolute atomic E-state index is 0.0670. The Hall–Kier alpha value is -2.74. The molecule has 0 aliphatic carbocycles. The van der Waals surface area contributed by atoms with Crippen LogP contribution >= 0.6 is 11.3 Å². The largest absolute Gasteiger partial charge is 0.487 e. The first-order valence-corrected chi connectivity index (χ1v) is 8.65. The van der Waals surface area contributed by atoms with Crippen molar-refractivity contribution in [2.24, 2.45) is 0 Å². The average Bonchev–Trinajstić information content (AvgIpc) is 3.30. The van der Waals surface area contributed by atoms with Crippen molar-refractivity contribution < 1.29 is 18.8 Å². The predicted molar refractivity (Wildman–Crippen MR) is 90.4 cm³/mol. The summed E-state index contributed by atoms with van der Waals surface area (Å²) < 4.78 is 15.9. The molecule has 0 N–H and O–H groups in total. The van der Waals surface area contributed by atoms with Gasteiger partial charge in [-0.25, -0.2) is 9.78 Å². The van der Waals surface area contributed by atoms with Crippen molar-refractivity contribution in [1.82, 2.24) is 15.1 Å². The molecule has 7 nitrogen and oxygen atoms in total. The second-order valence-corrected chi connectivity index (χ2v) is 6.29. The third-order valence-electron chi connectivity index (χ3n) is 3.27. The van der Waals surface area contributed by atoms with Crippen molar-refractivity contribution in [3.05, 3.63) is 58.1 Å². The number of thiazole rings is 1. The summed E-state index contributed by atoms with van der Waals surface area (Å²) in [4.78, 5) is 20.5. The number of hydrogen-bond acceptors (Lipinski definition) is 8. The Morgan fingerprint density at radius 3 is 2.92 bits per heavy atom. The minimum Gasteiger partial charge on any atom is -0.487 e. The van der Waals surface area contributed by atoms with Gasteiger partial charge in [-0.05, 0) is 18.2 Å². The van der Waals surface area contributed by atoms with Gasteiger partial charge < -0.3 is 14.0 Å². The number of rotatable bonds is 7. The maximum Gasteiger partial charge on any atom is 0.338 e. The smallest absolute Gasteiger partial charge is 0.338 e.